The van der Waals surface area contributed by atoms with E-state index in [2.05, 4.69) is 39.2 Å². The summed E-state index contributed by atoms with van der Waals surface area (Å²) >= 11 is 0. The van der Waals surface area contributed by atoms with E-state index in [0.717, 1.165) is 31.6 Å². The van der Waals surface area contributed by atoms with Crippen molar-refractivity contribution in [1.82, 2.24) is 19.3 Å². The topological polar surface area (TPSA) is 35.6 Å². The maximum atomic E-state index is 4.61. The van der Waals surface area contributed by atoms with Crippen molar-refractivity contribution in [2.45, 2.75) is 39.7 Å². The molecular weight excluding hydrogens is 212 g/mol. The fraction of sp³-hybridized carbons (Fsp3) is 0.538. The maximum Gasteiger partial charge on any atom is 0.110 e. The van der Waals surface area contributed by atoms with E-state index >= 15 is 0 Å². The van der Waals surface area contributed by atoms with E-state index in [-0.39, 0.29) is 0 Å². The van der Waals surface area contributed by atoms with Gasteiger partial charge in [-0.3, -0.25) is 4.68 Å². The lowest BCUT2D eigenvalue weighted by molar-refractivity contribution is 0.562. The Bertz CT molecular complexity index is 481. The van der Waals surface area contributed by atoms with Crippen molar-refractivity contribution in [3.05, 3.63) is 35.7 Å². The Morgan fingerprint density at radius 3 is 2.65 bits per heavy atom. The third-order valence-electron chi connectivity index (χ3n) is 3.11. The standard InChI is InChI=1S/C13H20N4/c1-4-11-10-12(5-2)17(15-11)8-6-13-14-7-9-16(13)3/h7,9-10H,4-6,8H2,1-3H3. The van der Waals surface area contributed by atoms with Gasteiger partial charge in [0.15, 0.2) is 0 Å². The van der Waals surface area contributed by atoms with E-state index in [1.165, 1.54) is 11.4 Å². The van der Waals surface area contributed by atoms with Gasteiger partial charge in [-0.25, -0.2) is 4.98 Å². The normalized spacial score (nSPS) is 11.0. The maximum absolute atomic E-state index is 4.61. The number of imidazole rings is 1. The van der Waals surface area contributed by atoms with Gasteiger partial charge in [0.1, 0.15) is 5.82 Å². The summed E-state index contributed by atoms with van der Waals surface area (Å²) in [6, 6.07) is 2.21. The van der Waals surface area contributed by atoms with Crippen LogP contribution < -0.4 is 0 Å². The number of hydrogen-bond acceptors (Lipinski definition) is 2. The summed E-state index contributed by atoms with van der Waals surface area (Å²) < 4.78 is 4.18. The zero-order valence-electron chi connectivity index (χ0n) is 10.8. The lowest BCUT2D eigenvalue weighted by atomic mass is 10.2. The number of nitrogens with zero attached hydrogens (tertiary/aromatic N) is 4. The summed E-state index contributed by atoms with van der Waals surface area (Å²) in [6.45, 7) is 5.23. The molecule has 2 aromatic heterocycles. The highest BCUT2D eigenvalue weighted by Crippen LogP contribution is 2.08. The molecule has 4 nitrogen and oxygen atoms in total. The van der Waals surface area contributed by atoms with Gasteiger partial charge in [-0.1, -0.05) is 13.8 Å². The lowest BCUT2D eigenvalue weighted by Crippen LogP contribution is -2.09. The van der Waals surface area contributed by atoms with E-state index < -0.39 is 0 Å². The molecule has 0 bridgehead atoms. The second-order valence-corrected chi connectivity index (χ2v) is 4.26. The number of aromatic nitrogens is 4. The van der Waals surface area contributed by atoms with Crippen LogP contribution in [0.5, 0.6) is 0 Å². The van der Waals surface area contributed by atoms with Crippen molar-refractivity contribution in [2.24, 2.45) is 7.05 Å². The quantitative estimate of drug-likeness (QED) is 0.790. The number of rotatable bonds is 5. The minimum absolute atomic E-state index is 0.911. The Balaban J connectivity index is 2.08. The van der Waals surface area contributed by atoms with Crippen LogP contribution in [0, 0.1) is 0 Å². The minimum Gasteiger partial charge on any atom is -0.338 e. The molecule has 4 heteroatoms. The molecule has 0 atom stereocenters. The molecule has 0 saturated heterocycles. The van der Waals surface area contributed by atoms with Crippen LogP contribution in [0.4, 0.5) is 0 Å². The summed E-state index contributed by atoms with van der Waals surface area (Å²) in [6.07, 6.45) is 6.80. The highest BCUT2D eigenvalue weighted by atomic mass is 15.3. The molecule has 2 aromatic rings. The highest BCUT2D eigenvalue weighted by Gasteiger charge is 2.06. The lowest BCUT2D eigenvalue weighted by Gasteiger charge is -2.05. The molecule has 0 aliphatic heterocycles. The minimum atomic E-state index is 0.911. The molecule has 0 amide bonds. The van der Waals surface area contributed by atoms with Crippen LogP contribution in [0.3, 0.4) is 0 Å². The van der Waals surface area contributed by atoms with Crippen LogP contribution in [0.2, 0.25) is 0 Å². The van der Waals surface area contributed by atoms with Crippen molar-refractivity contribution in [3.8, 4) is 0 Å². The summed E-state index contributed by atoms with van der Waals surface area (Å²) in [7, 11) is 2.03. The number of aryl methyl sites for hydroxylation is 5. The third-order valence-corrected chi connectivity index (χ3v) is 3.11. The smallest absolute Gasteiger partial charge is 0.110 e. The van der Waals surface area contributed by atoms with Gasteiger partial charge in [-0.15, -0.1) is 0 Å². The first-order chi connectivity index (χ1) is 8.24. The molecule has 0 N–H and O–H groups in total. The molecular formula is C13H20N4. The summed E-state index contributed by atoms with van der Waals surface area (Å²) in [5.74, 6) is 1.11. The Kier molecular flexibility index (Phi) is 3.61. The second-order valence-electron chi connectivity index (χ2n) is 4.26. The van der Waals surface area contributed by atoms with Crippen molar-refractivity contribution in [1.29, 1.82) is 0 Å². The summed E-state index contributed by atoms with van der Waals surface area (Å²) in [4.78, 5) is 4.34. The van der Waals surface area contributed by atoms with E-state index in [0.29, 0.717) is 0 Å². The number of hydrogen-bond donors (Lipinski definition) is 0. The molecule has 0 unspecified atom stereocenters. The first kappa shape index (κ1) is 11.9. The molecule has 0 radical (unpaired) electrons. The average Bonchev–Trinajstić information content (AvgIpc) is 2.92. The Hall–Kier alpha value is -1.58. The summed E-state index contributed by atoms with van der Waals surface area (Å²) in [5.41, 5.74) is 2.50. The van der Waals surface area contributed by atoms with E-state index in [9.17, 15) is 0 Å². The highest BCUT2D eigenvalue weighted by molar-refractivity contribution is 5.10. The van der Waals surface area contributed by atoms with Crippen LogP contribution in [0.15, 0.2) is 18.5 Å². The molecule has 92 valence electrons. The molecule has 0 fully saturated rings. The van der Waals surface area contributed by atoms with Crippen LogP contribution in [0.1, 0.15) is 31.1 Å². The fourth-order valence-corrected chi connectivity index (χ4v) is 2.01. The molecule has 2 rings (SSSR count). The predicted octanol–water partition coefficient (Wildman–Crippen LogP) is 1.98. The summed E-state index contributed by atoms with van der Waals surface area (Å²) in [5, 5.41) is 4.61. The second kappa shape index (κ2) is 5.17. The average molecular weight is 232 g/mol. The van der Waals surface area contributed by atoms with Gasteiger partial charge in [0, 0.05) is 38.1 Å². The third kappa shape index (κ3) is 2.57. The van der Waals surface area contributed by atoms with Crippen molar-refractivity contribution >= 4 is 0 Å². The zero-order chi connectivity index (χ0) is 12.3. The first-order valence-electron chi connectivity index (χ1n) is 6.26. The van der Waals surface area contributed by atoms with Gasteiger partial charge >= 0.3 is 0 Å². The fourth-order valence-electron chi connectivity index (χ4n) is 2.01. The van der Waals surface area contributed by atoms with E-state index in [1.54, 1.807) is 0 Å². The van der Waals surface area contributed by atoms with Crippen LogP contribution in [0.25, 0.3) is 0 Å². The monoisotopic (exact) mass is 232 g/mol. The van der Waals surface area contributed by atoms with Gasteiger partial charge < -0.3 is 4.57 Å². The van der Waals surface area contributed by atoms with Crippen molar-refractivity contribution in [2.75, 3.05) is 0 Å². The predicted molar refractivity (Wildman–Crippen MR) is 67.9 cm³/mol. The Morgan fingerprint density at radius 2 is 2.06 bits per heavy atom. The SMILES string of the molecule is CCc1cc(CC)n(CCc2nccn2C)n1. The van der Waals surface area contributed by atoms with Gasteiger partial charge in [0.2, 0.25) is 0 Å². The molecule has 0 aromatic carbocycles. The molecule has 0 spiro atoms. The van der Waals surface area contributed by atoms with Gasteiger partial charge in [-0.2, -0.15) is 5.10 Å². The van der Waals surface area contributed by atoms with Crippen molar-refractivity contribution < 1.29 is 0 Å². The van der Waals surface area contributed by atoms with Crippen LogP contribution >= 0.6 is 0 Å². The first-order valence-corrected chi connectivity index (χ1v) is 6.26. The van der Waals surface area contributed by atoms with Gasteiger partial charge in [0.25, 0.3) is 0 Å². The molecule has 0 saturated carbocycles. The van der Waals surface area contributed by atoms with E-state index in [4.69, 9.17) is 0 Å². The van der Waals surface area contributed by atoms with Gasteiger partial charge in [-0.05, 0) is 18.9 Å². The van der Waals surface area contributed by atoms with E-state index in [1.807, 2.05) is 19.4 Å². The molecule has 0 aliphatic carbocycles. The molecule has 0 aliphatic rings. The Labute approximate surface area is 102 Å². The van der Waals surface area contributed by atoms with Crippen molar-refractivity contribution in [3.63, 3.8) is 0 Å². The molecule has 2 heterocycles. The van der Waals surface area contributed by atoms with Crippen LogP contribution in [-0.4, -0.2) is 19.3 Å². The van der Waals surface area contributed by atoms with Gasteiger partial charge in [0.05, 0.1) is 5.69 Å². The zero-order valence-corrected chi connectivity index (χ0v) is 10.8. The largest absolute Gasteiger partial charge is 0.338 e. The molecule has 17 heavy (non-hydrogen) atoms. The van der Waals surface area contributed by atoms with Crippen LogP contribution in [-0.2, 0) is 32.9 Å². The Morgan fingerprint density at radius 1 is 1.24 bits per heavy atom.